The number of anilines is 1. The Morgan fingerprint density at radius 2 is 2.32 bits per heavy atom. The van der Waals surface area contributed by atoms with E-state index in [1.165, 1.54) is 12.8 Å². The summed E-state index contributed by atoms with van der Waals surface area (Å²) in [5.41, 5.74) is 1.98. The second-order valence-corrected chi connectivity index (χ2v) is 6.40. The van der Waals surface area contributed by atoms with E-state index in [9.17, 15) is 10.1 Å². The van der Waals surface area contributed by atoms with Gasteiger partial charge in [-0.15, -0.1) is 0 Å². The van der Waals surface area contributed by atoms with E-state index in [4.69, 9.17) is 0 Å². The predicted molar refractivity (Wildman–Crippen MR) is 89.1 cm³/mol. The lowest BCUT2D eigenvalue weighted by Gasteiger charge is -2.35. The van der Waals surface area contributed by atoms with E-state index in [1.54, 1.807) is 25.1 Å². The summed E-state index contributed by atoms with van der Waals surface area (Å²) in [5.74, 6) is 0.775. The van der Waals surface area contributed by atoms with Crippen LogP contribution in [-0.4, -0.2) is 36.4 Å². The Balaban J connectivity index is 2.02. The highest BCUT2D eigenvalue weighted by molar-refractivity contribution is 5.95. The molecule has 1 N–H and O–H groups in total. The summed E-state index contributed by atoms with van der Waals surface area (Å²) in [6.45, 7) is 9.13. The molecule has 1 aliphatic heterocycles. The molecule has 1 heterocycles. The molecule has 2 unspecified atom stereocenters. The van der Waals surface area contributed by atoms with E-state index in [1.807, 2.05) is 0 Å². The molecule has 118 valence electrons. The van der Waals surface area contributed by atoms with Crippen LogP contribution in [0.4, 0.5) is 5.69 Å². The molecule has 22 heavy (non-hydrogen) atoms. The minimum Gasteiger partial charge on any atom is -0.382 e. The number of carbonyl (C=O) groups excluding carboxylic acids is 1. The fourth-order valence-corrected chi connectivity index (χ4v) is 3.02. The first kappa shape index (κ1) is 16.5. The molecular formula is C18H25N3O. The van der Waals surface area contributed by atoms with Gasteiger partial charge < -0.3 is 5.32 Å². The van der Waals surface area contributed by atoms with E-state index in [-0.39, 0.29) is 5.78 Å². The predicted octanol–water partition coefficient (Wildman–Crippen LogP) is 3.29. The van der Waals surface area contributed by atoms with Crippen molar-refractivity contribution in [3.63, 3.8) is 0 Å². The standard InChI is InChI=1S/C18H25N3O/c1-13-5-4-8-21(12-13)14(2)11-20-18-9-16(15(3)22)6-7-17(18)10-19/h6-7,9,13-14,20H,4-5,8,11-12H2,1-3H3. The number of Topliss-reactive ketones (excluding diaryl/α,β-unsaturated/α-hetero) is 1. The normalized spacial score (nSPS) is 20.2. The first-order valence-electron chi connectivity index (χ1n) is 8.04. The molecule has 4 heteroatoms. The van der Waals surface area contributed by atoms with Gasteiger partial charge in [0, 0.05) is 24.7 Å². The van der Waals surface area contributed by atoms with Crippen molar-refractivity contribution in [2.75, 3.05) is 25.0 Å². The molecule has 4 nitrogen and oxygen atoms in total. The monoisotopic (exact) mass is 299 g/mol. The van der Waals surface area contributed by atoms with Crippen molar-refractivity contribution in [3.8, 4) is 6.07 Å². The van der Waals surface area contributed by atoms with Crippen molar-refractivity contribution in [3.05, 3.63) is 29.3 Å². The molecule has 0 bridgehead atoms. The molecule has 0 spiro atoms. The molecule has 0 radical (unpaired) electrons. The number of likely N-dealkylation sites (tertiary alicyclic amines) is 1. The maximum absolute atomic E-state index is 11.5. The Kier molecular flexibility index (Phi) is 5.57. The van der Waals surface area contributed by atoms with Gasteiger partial charge in [0.15, 0.2) is 5.78 Å². The number of hydrogen-bond donors (Lipinski definition) is 1. The SMILES string of the molecule is CC(=O)c1ccc(C#N)c(NCC(C)N2CCCC(C)C2)c1. The largest absolute Gasteiger partial charge is 0.382 e. The third-order valence-corrected chi connectivity index (χ3v) is 4.45. The highest BCUT2D eigenvalue weighted by atomic mass is 16.1. The zero-order chi connectivity index (χ0) is 16.1. The highest BCUT2D eigenvalue weighted by Crippen LogP contribution is 2.20. The number of benzene rings is 1. The molecule has 0 amide bonds. The van der Waals surface area contributed by atoms with Crippen LogP contribution in [0, 0.1) is 17.2 Å². The third kappa shape index (κ3) is 4.08. The van der Waals surface area contributed by atoms with Gasteiger partial charge in [-0.2, -0.15) is 5.26 Å². The van der Waals surface area contributed by atoms with Gasteiger partial charge in [-0.05, 0) is 57.4 Å². The molecule has 1 aromatic rings. The summed E-state index contributed by atoms with van der Waals surface area (Å²) < 4.78 is 0. The van der Waals surface area contributed by atoms with Gasteiger partial charge in [0.25, 0.3) is 0 Å². The average molecular weight is 299 g/mol. The summed E-state index contributed by atoms with van der Waals surface area (Å²) in [7, 11) is 0. The van der Waals surface area contributed by atoms with E-state index >= 15 is 0 Å². The molecule has 1 fully saturated rings. The van der Waals surface area contributed by atoms with Crippen LogP contribution in [0.3, 0.4) is 0 Å². The van der Waals surface area contributed by atoms with E-state index in [0.29, 0.717) is 17.2 Å². The average Bonchev–Trinajstić information content (AvgIpc) is 2.52. The Morgan fingerprint density at radius 1 is 1.55 bits per heavy atom. The zero-order valence-electron chi connectivity index (χ0n) is 13.7. The van der Waals surface area contributed by atoms with Crippen molar-refractivity contribution in [2.45, 2.75) is 39.7 Å². The number of piperidine rings is 1. The first-order chi connectivity index (χ1) is 10.5. The molecule has 2 rings (SSSR count). The Morgan fingerprint density at radius 3 is 2.95 bits per heavy atom. The van der Waals surface area contributed by atoms with Gasteiger partial charge in [-0.3, -0.25) is 9.69 Å². The van der Waals surface area contributed by atoms with Crippen molar-refractivity contribution >= 4 is 11.5 Å². The van der Waals surface area contributed by atoms with Crippen molar-refractivity contribution in [1.82, 2.24) is 4.90 Å². The molecule has 1 aromatic carbocycles. The van der Waals surface area contributed by atoms with Crippen molar-refractivity contribution in [2.24, 2.45) is 5.92 Å². The van der Waals surface area contributed by atoms with E-state index < -0.39 is 0 Å². The van der Waals surface area contributed by atoms with E-state index in [2.05, 4.69) is 30.1 Å². The number of nitrogens with zero attached hydrogens (tertiary/aromatic N) is 2. The van der Waals surface area contributed by atoms with Crippen LogP contribution in [0.25, 0.3) is 0 Å². The minimum absolute atomic E-state index is 0.0189. The summed E-state index contributed by atoms with van der Waals surface area (Å²) in [4.78, 5) is 14.0. The maximum atomic E-state index is 11.5. The molecule has 0 aliphatic carbocycles. The van der Waals surface area contributed by atoms with Gasteiger partial charge in [0.05, 0.1) is 11.3 Å². The Bertz CT molecular complexity index is 576. The van der Waals surface area contributed by atoms with Gasteiger partial charge in [-0.25, -0.2) is 0 Å². The summed E-state index contributed by atoms with van der Waals surface area (Å²) >= 11 is 0. The molecule has 1 saturated heterocycles. The number of nitriles is 1. The maximum Gasteiger partial charge on any atom is 0.159 e. The molecule has 0 aromatic heterocycles. The zero-order valence-corrected chi connectivity index (χ0v) is 13.7. The van der Waals surface area contributed by atoms with Crippen LogP contribution >= 0.6 is 0 Å². The van der Waals surface area contributed by atoms with Gasteiger partial charge in [-0.1, -0.05) is 6.92 Å². The topological polar surface area (TPSA) is 56.1 Å². The number of hydrogen-bond acceptors (Lipinski definition) is 4. The molecule has 2 atom stereocenters. The number of rotatable bonds is 5. The van der Waals surface area contributed by atoms with Crippen LogP contribution in [-0.2, 0) is 0 Å². The van der Waals surface area contributed by atoms with Gasteiger partial charge in [0.1, 0.15) is 6.07 Å². The second kappa shape index (κ2) is 7.42. The lowest BCUT2D eigenvalue weighted by atomic mass is 9.99. The molecule has 0 saturated carbocycles. The molecule has 1 aliphatic rings. The van der Waals surface area contributed by atoms with Gasteiger partial charge >= 0.3 is 0 Å². The van der Waals surface area contributed by atoms with Crippen LogP contribution in [0.15, 0.2) is 18.2 Å². The highest BCUT2D eigenvalue weighted by Gasteiger charge is 2.20. The summed E-state index contributed by atoms with van der Waals surface area (Å²) in [5, 5.41) is 12.6. The van der Waals surface area contributed by atoms with Gasteiger partial charge in [0.2, 0.25) is 0 Å². The number of ketones is 1. The van der Waals surface area contributed by atoms with Crippen LogP contribution in [0.1, 0.15) is 49.5 Å². The number of carbonyl (C=O) groups is 1. The smallest absolute Gasteiger partial charge is 0.159 e. The summed E-state index contributed by atoms with van der Waals surface area (Å²) in [6, 6.07) is 7.81. The van der Waals surface area contributed by atoms with Crippen molar-refractivity contribution in [1.29, 1.82) is 5.26 Å². The van der Waals surface area contributed by atoms with Crippen LogP contribution in [0.5, 0.6) is 0 Å². The quantitative estimate of drug-likeness (QED) is 0.848. The third-order valence-electron chi connectivity index (χ3n) is 4.45. The summed E-state index contributed by atoms with van der Waals surface area (Å²) in [6.07, 6.45) is 2.57. The lowest BCUT2D eigenvalue weighted by Crippen LogP contribution is -2.43. The number of nitrogens with one attached hydrogen (secondary N) is 1. The first-order valence-corrected chi connectivity index (χ1v) is 8.04. The van der Waals surface area contributed by atoms with Crippen molar-refractivity contribution < 1.29 is 4.79 Å². The van der Waals surface area contributed by atoms with Crippen LogP contribution < -0.4 is 5.32 Å². The van der Waals surface area contributed by atoms with Crippen LogP contribution in [0.2, 0.25) is 0 Å². The van der Waals surface area contributed by atoms with E-state index in [0.717, 1.165) is 31.2 Å². The fourth-order valence-electron chi connectivity index (χ4n) is 3.02. The fraction of sp³-hybridized carbons (Fsp3) is 0.556. The molecular weight excluding hydrogens is 274 g/mol. The second-order valence-electron chi connectivity index (χ2n) is 6.40. The minimum atomic E-state index is 0.0189. The Hall–Kier alpha value is -1.86. The lowest BCUT2D eigenvalue weighted by molar-refractivity contribution is 0.101. The Labute approximate surface area is 133 Å².